The molecule has 0 aromatic heterocycles. The van der Waals surface area contributed by atoms with Crippen molar-refractivity contribution in [2.24, 2.45) is 4.99 Å². The van der Waals surface area contributed by atoms with E-state index in [-0.39, 0.29) is 6.54 Å². The van der Waals surface area contributed by atoms with Gasteiger partial charge in [-0.3, -0.25) is 4.79 Å². The minimum Gasteiger partial charge on any atom is -0.479 e. The molecule has 222 valence electrons. The number of allylic oxidation sites excluding steroid dienone is 2. The van der Waals surface area contributed by atoms with Crippen molar-refractivity contribution in [2.75, 3.05) is 23.3 Å². The van der Waals surface area contributed by atoms with Crippen molar-refractivity contribution < 1.29 is 19.8 Å². The molecule has 0 aliphatic heterocycles. The summed E-state index contributed by atoms with van der Waals surface area (Å²) in [4.78, 5) is 29.7. The number of nitrogens with zero attached hydrogens (tertiary/aromatic N) is 3. The van der Waals surface area contributed by atoms with Gasteiger partial charge in [-0.05, 0) is 84.8 Å². The van der Waals surface area contributed by atoms with Crippen LogP contribution in [0.1, 0.15) is 47.2 Å². The normalized spacial score (nSPS) is 13.8. The largest absolute Gasteiger partial charge is 0.479 e. The summed E-state index contributed by atoms with van der Waals surface area (Å²) in [5.74, 6) is -1.53. The van der Waals surface area contributed by atoms with E-state index in [1.165, 1.54) is 18.4 Å². The fraction of sp³-hybridized carbons (Fsp3) is 0.250. The molecule has 1 amide bonds. The fourth-order valence-corrected chi connectivity index (χ4v) is 5.15. The third-order valence-corrected chi connectivity index (χ3v) is 7.25. The number of aliphatic imine (C=N–C) groups is 1. The number of benzene rings is 3. The van der Waals surface area contributed by atoms with Gasteiger partial charge in [-0.25, -0.2) is 9.79 Å². The Balaban J connectivity index is 1.63. The lowest BCUT2D eigenvalue weighted by atomic mass is 9.93. The van der Waals surface area contributed by atoms with Gasteiger partial charge in [0.05, 0.1) is 19.2 Å². The highest BCUT2D eigenvalue weighted by Gasteiger charge is 2.18. The van der Waals surface area contributed by atoms with Crippen LogP contribution in [0.15, 0.2) is 77.8 Å². The third kappa shape index (κ3) is 9.06. The topological polar surface area (TPSA) is 138 Å². The number of carboxylic acid groups (broad SMARTS) is 1. The van der Waals surface area contributed by atoms with Crippen molar-refractivity contribution in [3.63, 3.8) is 0 Å². The van der Waals surface area contributed by atoms with Crippen LogP contribution in [-0.2, 0) is 11.3 Å². The number of nitrogens with one attached hydrogen (secondary N) is 2. The summed E-state index contributed by atoms with van der Waals surface area (Å²) in [6, 6.07) is 22.1. The quantitative estimate of drug-likeness (QED) is 0.122. The van der Waals surface area contributed by atoms with Gasteiger partial charge < -0.3 is 25.7 Å². The van der Waals surface area contributed by atoms with E-state index in [2.05, 4.69) is 39.9 Å². The van der Waals surface area contributed by atoms with E-state index in [1.807, 2.05) is 17.0 Å². The maximum atomic E-state index is 12.5. The predicted molar refractivity (Wildman–Crippen MR) is 169 cm³/mol. The molecule has 0 saturated heterocycles. The first kappa shape index (κ1) is 31.6. The minimum atomic E-state index is -1.69. The number of nitriles is 1. The van der Waals surface area contributed by atoms with Crippen LogP contribution in [0.2, 0.25) is 10.0 Å². The monoisotopic (exact) mass is 619 g/mol. The molecule has 3 aromatic rings. The zero-order chi connectivity index (χ0) is 30.8. The zero-order valence-electron chi connectivity index (χ0n) is 23.3. The Morgan fingerprint density at radius 3 is 2.33 bits per heavy atom. The summed E-state index contributed by atoms with van der Waals surface area (Å²) in [6.07, 6.45) is 5.10. The molecule has 0 heterocycles. The van der Waals surface area contributed by atoms with E-state index in [0.29, 0.717) is 33.8 Å². The molecule has 0 bridgehead atoms. The third-order valence-electron chi connectivity index (χ3n) is 6.81. The van der Waals surface area contributed by atoms with Crippen LogP contribution in [0.3, 0.4) is 0 Å². The SMILES string of the molecule is N#CCN=C(Nc1cc(Cl)cc(Cl)c1)N(Cc1ccc(C(=O)NC[C@@H](O)C(=O)O)cc1)c1ccc(C2=CCCCC2)cc1. The Morgan fingerprint density at radius 2 is 1.72 bits per heavy atom. The summed E-state index contributed by atoms with van der Waals surface area (Å²) < 4.78 is 0. The van der Waals surface area contributed by atoms with Crippen LogP contribution < -0.4 is 15.5 Å². The number of carbonyl (C=O) groups is 2. The Hall–Kier alpha value is -4.36. The van der Waals surface area contributed by atoms with Crippen LogP contribution in [0.5, 0.6) is 0 Å². The van der Waals surface area contributed by atoms with Crippen LogP contribution in [0.25, 0.3) is 5.57 Å². The van der Waals surface area contributed by atoms with Crippen molar-refractivity contribution in [3.8, 4) is 6.07 Å². The predicted octanol–water partition coefficient (Wildman–Crippen LogP) is 6.12. The second-order valence-corrected chi connectivity index (χ2v) is 10.8. The molecule has 0 spiro atoms. The number of halogens is 2. The lowest BCUT2D eigenvalue weighted by Crippen LogP contribution is -2.37. The molecule has 1 atom stereocenters. The zero-order valence-corrected chi connectivity index (χ0v) is 24.8. The molecule has 0 fully saturated rings. The van der Waals surface area contributed by atoms with Crippen molar-refractivity contribution in [3.05, 3.63) is 99.5 Å². The lowest BCUT2D eigenvalue weighted by Gasteiger charge is -2.28. The molecule has 9 nitrogen and oxygen atoms in total. The molecule has 4 N–H and O–H groups in total. The summed E-state index contributed by atoms with van der Waals surface area (Å²) >= 11 is 12.5. The molecule has 1 aliphatic carbocycles. The van der Waals surface area contributed by atoms with Gasteiger partial charge in [-0.15, -0.1) is 0 Å². The number of guanidine groups is 1. The van der Waals surface area contributed by atoms with E-state index < -0.39 is 24.5 Å². The highest BCUT2D eigenvalue weighted by atomic mass is 35.5. The van der Waals surface area contributed by atoms with Gasteiger partial charge in [0, 0.05) is 27.0 Å². The number of aliphatic hydroxyl groups excluding tert-OH is 1. The van der Waals surface area contributed by atoms with Gasteiger partial charge in [-0.2, -0.15) is 5.26 Å². The Morgan fingerprint density at radius 1 is 1.02 bits per heavy atom. The van der Waals surface area contributed by atoms with E-state index in [9.17, 15) is 20.0 Å². The van der Waals surface area contributed by atoms with Gasteiger partial charge in [0.15, 0.2) is 6.10 Å². The number of anilines is 2. The summed E-state index contributed by atoms with van der Waals surface area (Å²) in [5.41, 5.74) is 5.05. The highest BCUT2D eigenvalue weighted by molar-refractivity contribution is 6.35. The van der Waals surface area contributed by atoms with Crippen molar-refractivity contribution in [1.82, 2.24) is 5.32 Å². The van der Waals surface area contributed by atoms with E-state index in [1.54, 1.807) is 42.5 Å². The molecule has 3 aromatic carbocycles. The van der Waals surface area contributed by atoms with Gasteiger partial charge in [0.1, 0.15) is 6.54 Å². The molecule has 11 heteroatoms. The number of carboxylic acids is 1. The maximum absolute atomic E-state index is 12.5. The molecular formula is C32H31Cl2N5O4. The van der Waals surface area contributed by atoms with Crippen molar-refractivity contribution >= 4 is 58.0 Å². The Bertz CT molecular complexity index is 1530. The lowest BCUT2D eigenvalue weighted by molar-refractivity contribution is -0.146. The summed E-state index contributed by atoms with van der Waals surface area (Å²) in [6.45, 7) is -0.179. The van der Waals surface area contributed by atoms with Crippen molar-refractivity contribution in [2.45, 2.75) is 38.3 Å². The number of hydrogen-bond donors (Lipinski definition) is 4. The second kappa shape index (κ2) is 15.2. The van der Waals surface area contributed by atoms with Gasteiger partial charge in [0.2, 0.25) is 5.96 Å². The average Bonchev–Trinajstić information content (AvgIpc) is 3.01. The van der Waals surface area contributed by atoms with Crippen LogP contribution in [-0.4, -0.2) is 47.2 Å². The highest BCUT2D eigenvalue weighted by Crippen LogP contribution is 2.29. The first-order chi connectivity index (χ1) is 20.7. The number of rotatable bonds is 10. The van der Waals surface area contributed by atoms with Crippen LogP contribution >= 0.6 is 23.2 Å². The summed E-state index contributed by atoms with van der Waals surface area (Å²) in [7, 11) is 0. The minimum absolute atomic E-state index is 0.0978. The maximum Gasteiger partial charge on any atom is 0.334 e. The molecule has 0 unspecified atom stereocenters. The number of aliphatic carboxylic acids is 1. The van der Waals surface area contributed by atoms with E-state index in [0.717, 1.165) is 29.7 Å². The van der Waals surface area contributed by atoms with Gasteiger partial charge in [0.25, 0.3) is 5.91 Å². The molecule has 43 heavy (non-hydrogen) atoms. The molecule has 1 aliphatic rings. The van der Waals surface area contributed by atoms with E-state index in [4.69, 9.17) is 28.3 Å². The first-order valence-corrected chi connectivity index (χ1v) is 14.5. The second-order valence-electron chi connectivity index (χ2n) is 9.95. The van der Waals surface area contributed by atoms with Crippen LogP contribution in [0.4, 0.5) is 11.4 Å². The molecular weight excluding hydrogens is 589 g/mol. The van der Waals surface area contributed by atoms with Gasteiger partial charge >= 0.3 is 5.97 Å². The van der Waals surface area contributed by atoms with E-state index >= 15 is 0 Å². The van der Waals surface area contributed by atoms with Gasteiger partial charge in [-0.1, -0.05) is 53.5 Å². The number of amides is 1. The molecule has 4 rings (SSSR count). The number of carbonyl (C=O) groups excluding carboxylic acids is 1. The number of aliphatic hydroxyl groups is 1. The standard InChI is InChI=1S/C32H31Cl2N5O4/c33-25-16-26(34)18-27(17-25)38-32(36-15-14-35)39(28-12-10-23(11-13-28)22-4-2-1-3-5-22)20-21-6-8-24(9-7-21)30(41)37-19-29(40)31(42)43/h4,6-13,16-18,29,40H,1-3,5,15,19-20H2,(H,36,38)(H,37,41)(H,42,43)/t29-/m1/s1. The molecule has 0 saturated carbocycles. The molecule has 0 radical (unpaired) electrons. The Kier molecular flexibility index (Phi) is 11.2. The summed E-state index contributed by atoms with van der Waals surface area (Å²) in [5, 5.41) is 34.2. The fourth-order valence-electron chi connectivity index (χ4n) is 4.62. The Labute approximate surface area is 260 Å². The number of hydrogen-bond acceptors (Lipinski definition) is 5. The smallest absolute Gasteiger partial charge is 0.334 e. The first-order valence-electron chi connectivity index (χ1n) is 13.7. The van der Waals surface area contributed by atoms with Crippen LogP contribution in [0, 0.1) is 11.3 Å². The average molecular weight is 621 g/mol. The van der Waals surface area contributed by atoms with Crippen molar-refractivity contribution in [1.29, 1.82) is 5.26 Å².